The largest absolute Gasteiger partial charge is 0.326 e. The van der Waals surface area contributed by atoms with E-state index in [0.717, 1.165) is 11.3 Å². The number of nitrogens with one attached hydrogen (secondary N) is 1. The summed E-state index contributed by atoms with van der Waals surface area (Å²) in [7, 11) is 0. The lowest BCUT2D eigenvalue weighted by molar-refractivity contribution is 0.102. The Labute approximate surface area is 112 Å². The van der Waals surface area contributed by atoms with Crippen molar-refractivity contribution < 1.29 is 4.79 Å². The van der Waals surface area contributed by atoms with Crippen LogP contribution in [0.3, 0.4) is 0 Å². The SMILES string of the molecule is Cl.NCc1cccc(NC(=O)c2ccccc2)c1. The molecule has 18 heavy (non-hydrogen) atoms. The Morgan fingerprint density at radius 1 is 1.06 bits per heavy atom. The fraction of sp³-hybridized carbons (Fsp3) is 0.0714. The first-order valence-corrected chi connectivity index (χ1v) is 5.45. The van der Waals surface area contributed by atoms with Gasteiger partial charge in [-0.25, -0.2) is 0 Å². The van der Waals surface area contributed by atoms with Gasteiger partial charge < -0.3 is 11.1 Å². The van der Waals surface area contributed by atoms with E-state index in [1.165, 1.54) is 0 Å². The quantitative estimate of drug-likeness (QED) is 0.894. The summed E-state index contributed by atoms with van der Waals surface area (Å²) in [5.41, 5.74) is 7.95. The molecule has 0 aliphatic heterocycles. The Kier molecular flexibility index (Phi) is 5.36. The minimum Gasteiger partial charge on any atom is -0.326 e. The molecule has 4 heteroatoms. The molecular formula is C14H15ClN2O. The molecule has 0 unspecified atom stereocenters. The second kappa shape index (κ2) is 6.79. The molecule has 0 aromatic heterocycles. The van der Waals surface area contributed by atoms with Gasteiger partial charge in [-0.1, -0.05) is 30.3 Å². The van der Waals surface area contributed by atoms with Crippen LogP contribution in [0.4, 0.5) is 5.69 Å². The maximum absolute atomic E-state index is 11.9. The first-order chi connectivity index (χ1) is 8.29. The van der Waals surface area contributed by atoms with E-state index in [9.17, 15) is 4.79 Å². The normalized spacial score (nSPS) is 9.39. The summed E-state index contributed by atoms with van der Waals surface area (Å²) in [5, 5.41) is 2.84. The summed E-state index contributed by atoms with van der Waals surface area (Å²) >= 11 is 0. The summed E-state index contributed by atoms with van der Waals surface area (Å²) in [6, 6.07) is 16.6. The number of nitrogens with two attached hydrogens (primary N) is 1. The Morgan fingerprint density at radius 3 is 2.44 bits per heavy atom. The van der Waals surface area contributed by atoms with Gasteiger partial charge in [0, 0.05) is 17.8 Å². The number of benzene rings is 2. The zero-order chi connectivity index (χ0) is 12.1. The van der Waals surface area contributed by atoms with Crippen LogP contribution in [0.25, 0.3) is 0 Å². The number of carbonyl (C=O) groups is 1. The van der Waals surface area contributed by atoms with Gasteiger partial charge in [-0.05, 0) is 29.8 Å². The van der Waals surface area contributed by atoms with Gasteiger partial charge in [-0.3, -0.25) is 4.79 Å². The highest BCUT2D eigenvalue weighted by molar-refractivity contribution is 6.04. The number of hydrogen-bond donors (Lipinski definition) is 2. The van der Waals surface area contributed by atoms with Crippen molar-refractivity contribution >= 4 is 24.0 Å². The smallest absolute Gasteiger partial charge is 0.255 e. The van der Waals surface area contributed by atoms with Crippen molar-refractivity contribution in [1.82, 2.24) is 0 Å². The average molecular weight is 263 g/mol. The van der Waals surface area contributed by atoms with E-state index in [2.05, 4.69) is 5.32 Å². The molecular weight excluding hydrogens is 248 g/mol. The first-order valence-electron chi connectivity index (χ1n) is 5.45. The van der Waals surface area contributed by atoms with Crippen LogP contribution in [-0.2, 0) is 6.54 Å². The predicted molar refractivity (Wildman–Crippen MR) is 76.0 cm³/mol. The highest BCUT2D eigenvalue weighted by Crippen LogP contribution is 2.11. The molecule has 3 nitrogen and oxygen atoms in total. The van der Waals surface area contributed by atoms with Crippen LogP contribution in [0, 0.1) is 0 Å². The van der Waals surface area contributed by atoms with Gasteiger partial charge in [0.25, 0.3) is 5.91 Å². The van der Waals surface area contributed by atoms with Gasteiger partial charge >= 0.3 is 0 Å². The van der Waals surface area contributed by atoms with E-state index >= 15 is 0 Å². The molecule has 0 atom stereocenters. The minimum absolute atomic E-state index is 0. The van der Waals surface area contributed by atoms with Gasteiger partial charge in [0.15, 0.2) is 0 Å². The second-order valence-electron chi connectivity index (χ2n) is 3.72. The van der Waals surface area contributed by atoms with E-state index in [4.69, 9.17) is 5.73 Å². The van der Waals surface area contributed by atoms with E-state index in [1.54, 1.807) is 12.1 Å². The molecule has 3 N–H and O–H groups in total. The fourth-order valence-corrected chi connectivity index (χ4v) is 1.57. The Morgan fingerprint density at radius 2 is 1.78 bits per heavy atom. The molecule has 2 aromatic rings. The Hall–Kier alpha value is -1.84. The molecule has 1 amide bonds. The van der Waals surface area contributed by atoms with E-state index < -0.39 is 0 Å². The molecule has 0 spiro atoms. The number of hydrogen-bond acceptors (Lipinski definition) is 2. The van der Waals surface area contributed by atoms with Gasteiger partial charge in [-0.2, -0.15) is 0 Å². The van der Waals surface area contributed by atoms with E-state index in [1.807, 2.05) is 42.5 Å². The highest BCUT2D eigenvalue weighted by Gasteiger charge is 2.04. The third-order valence-electron chi connectivity index (χ3n) is 2.46. The topological polar surface area (TPSA) is 55.1 Å². The lowest BCUT2D eigenvalue weighted by Crippen LogP contribution is -2.11. The molecule has 0 fully saturated rings. The average Bonchev–Trinajstić information content (AvgIpc) is 2.40. The molecule has 2 aromatic carbocycles. The molecule has 0 bridgehead atoms. The van der Waals surface area contributed by atoms with Crippen LogP contribution in [-0.4, -0.2) is 5.91 Å². The minimum atomic E-state index is -0.111. The molecule has 0 saturated carbocycles. The van der Waals surface area contributed by atoms with Crippen molar-refractivity contribution in [2.24, 2.45) is 5.73 Å². The van der Waals surface area contributed by atoms with Crippen molar-refractivity contribution in [2.75, 3.05) is 5.32 Å². The highest BCUT2D eigenvalue weighted by atomic mass is 35.5. The number of amides is 1. The zero-order valence-electron chi connectivity index (χ0n) is 9.80. The third kappa shape index (κ3) is 3.58. The van der Waals surface area contributed by atoms with Crippen molar-refractivity contribution in [1.29, 1.82) is 0 Å². The monoisotopic (exact) mass is 262 g/mol. The Bertz CT molecular complexity index is 514. The molecule has 0 heterocycles. The summed E-state index contributed by atoms with van der Waals surface area (Å²) in [5.74, 6) is -0.111. The first kappa shape index (κ1) is 14.2. The van der Waals surface area contributed by atoms with Crippen LogP contribution in [0.2, 0.25) is 0 Å². The van der Waals surface area contributed by atoms with Crippen LogP contribution in [0.15, 0.2) is 54.6 Å². The number of rotatable bonds is 3. The van der Waals surface area contributed by atoms with Crippen molar-refractivity contribution in [2.45, 2.75) is 6.54 Å². The molecule has 0 radical (unpaired) electrons. The number of halogens is 1. The van der Waals surface area contributed by atoms with Gasteiger partial charge in [0.1, 0.15) is 0 Å². The predicted octanol–water partition coefficient (Wildman–Crippen LogP) is 2.82. The number of anilines is 1. The third-order valence-corrected chi connectivity index (χ3v) is 2.46. The van der Waals surface area contributed by atoms with Crippen molar-refractivity contribution in [3.63, 3.8) is 0 Å². The standard InChI is InChI=1S/C14H14N2O.ClH/c15-10-11-5-4-8-13(9-11)16-14(17)12-6-2-1-3-7-12;/h1-9H,10,15H2,(H,16,17);1H. The van der Waals surface area contributed by atoms with Crippen LogP contribution < -0.4 is 11.1 Å². The van der Waals surface area contributed by atoms with Crippen molar-refractivity contribution in [3.8, 4) is 0 Å². The van der Waals surface area contributed by atoms with E-state index in [-0.39, 0.29) is 18.3 Å². The van der Waals surface area contributed by atoms with E-state index in [0.29, 0.717) is 12.1 Å². The zero-order valence-corrected chi connectivity index (χ0v) is 10.6. The Balaban J connectivity index is 0.00000162. The van der Waals surface area contributed by atoms with Crippen LogP contribution >= 0.6 is 12.4 Å². The molecule has 94 valence electrons. The lowest BCUT2D eigenvalue weighted by Gasteiger charge is -2.06. The lowest BCUT2D eigenvalue weighted by atomic mass is 10.2. The summed E-state index contributed by atoms with van der Waals surface area (Å²) in [6.45, 7) is 0.467. The molecule has 0 saturated heterocycles. The van der Waals surface area contributed by atoms with Gasteiger partial charge in [0.2, 0.25) is 0 Å². The van der Waals surface area contributed by atoms with Gasteiger partial charge in [-0.15, -0.1) is 12.4 Å². The summed E-state index contributed by atoms with van der Waals surface area (Å²) < 4.78 is 0. The molecule has 2 rings (SSSR count). The van der Waals surface area contributed by atoms with Crippen LogP contribution in [0.1, 0.15) is 15.9 Å². The van der Waals surface area contributed by atoms with Crippen molar-refractivity contribution in [3.05, 3.63) is 65.7 Å². The summed E-state index contributed by atoms with van der Waals surface area (Å²) in [4.78, 5) is 11.9. The number of carbonyl (C=O) groups excluding carboxylic acids is 1. The maximum atomic E-state index is 11.9. The van der Waals surface area contributed by atoms with Gasteiger partial charge in [0.05, 0.1) is 0 Å². The molecule has 0 aliphatic rings. The fourth-order valence-electron chi connectivity index (χ4n) is 1.57. The summed E-state index contributed by atoms with van der Waals surface area (Å²) in [6.07, 6.45) is 0. The maximum Gasteiger partial charge on any atom is 0.255 e. The van der Waals surface area contributed by atoms with Crippen LogP contribution in [0.5, 0.6) is 0 Å². The second-order valence-corrected chi connectivity index (χ2v) is 3.72. The molecule has 0 aliphatic carbocycles.